The molecular formula is C22H28N7O8P. The van der Waals surface area contributed by atoms with Gasteiger partial charge in [-0.15, -0.1) is 0 Å². The van der Waals surface area contributed by atoms with Crippen molar-refractivity contribution in [2.45, 2.75) is 37.7 Å². The minimum atomic E-state index is -4.07. The molecule has 0 radical (unpaired) electrons. The minimum Gasteiger partial charge on any atom is -0.390 e. The normalized spacial score (nSPS) is 24.9. The van der Waals surface area contributed by atoms with Gasteiger partial charge < -0.3 is 35.7 Å². The molecule has 2 aliphatic rings. The Hall–Kier alpha value is -3.43. The molecule has 0 bridgehead atoms. The van der Waals surface area contributed by atoms with Crippen LogP contribution >= 0.6 is 7.75 Å². The van der Waals surface area contributed by atoms with Crippen molar-refractivity contribution in [3.05, 3.63) is 82.6 Å². The summed E-state index contributed by atoms with van der Waals surface area (Å²) >= 11 is 0. The van der Waals surface area contributed by atoms with E-state index in [0.717, 1.165) is 5.56 Å². The number of ether oxygens (including phenoxy) is 1. The van der Waals surface area contributed by atoms with Crippen molar-refractivity contribution in [1.29, 1.82) is 0 Å². The fourth-order valence-electron chi connectivity index (χ4n) is 3.79. The summed E-state index contributed by atoms with van der Waals surface area (Å²) in [6, 6.07) is 9.06. The third-order valence-corrected chi connectivity index (χ3v) is 7.41. The molecule has 1 aromatic carbocycles. The van der Waals surface area contributed by atoms with Crippen LogP contribution in [-0.2, 0) is 38.5 Å². The van der Waals surface area contributed by atoms with Gasteiger partial charge in [0.15, 0.2) is 6.23 Å². The fourth-order valence-corrected chi connectivity index (χ4v) is 5.07. The van der Waals surface area contributed by atoms with E-state index >= 15 is 0 Å². The second kappa shape index (κ2) is 11.5. The Morgan fingerprint density at radius 2 is 2.03 bits per heavy atom. The largest absolute Gasteiger partial charge is 0.434 e. The Morgan fingerprint density at radius 3 is 2.68 bits per heavy atom. The van der Waals surface area contributed by atoms with Crippen LogP contribution in [0.25, 0.3) is 0 Å². The number of imidazole rings is 1. The zero-order valence-corrected chi connectivity index (χ0v) is 21.3. The first kappa shape index (κ1) is 27.6. The van der Waals surface area contributed by atoms with Crippen LogP contribution in [0.4, 0.5) is 5.95 Å². The summed E-state index contributed by atoms with van der Waals surface area (Å²) in [5, 5.41) is 35.0. The van der Waals surface area contributed by atoms with Crippen LogP contribution in [0.2, 0.25) is 0 Å². The first-order valence-corrected chi connectivity index (χ1v) is 13.0. The lowest BCUT2D eigenvalue weighted by molar-refractivity contribution is -0.396. The highest BCUT2D eigenvalue weighted by Gasteiger charge is 2.47. The van der Waals surface area contributed by atoms with E-state index in [2.05, 4.69) is 21.6 Å². The number of hydrogen-bond acceptors (Lipinski definition) is 12. The Bertz CT molecular complexity index is 1280. The van der Waals surface area contributed by atoms with Gasteiger partial charge in [-0.2, -0.15) is 0 Å². The average molecular weight is 549 g/mol. The van der Waals surface area contributed by atoms with Crippen LogP contribution in [0.3, 0.4) is 0 Å². The van der Waals surface area contributed by atoms with Crippen LogP contribution in [0, 0.1) is 10.1 Å². The van der Waals surface area contributed by atoms with Gasteiger partial charge in [0.1, 0.15) is 48.5 Å². The summed E-state index contributed by atoms with van der Waals surface area (Å²) in [7, 11) is -2.64. The number of nitro groups is 1. The third kappa shape index (κ3) is 6.16. The molecule has 5 N–H and O–H groups in total. The number of aromatic nitrogens is 2. The SMILES string of the molecule is C=C1N=C(N)C=CN1[C@@H]1O[C@H](COP(=O)(NCc2ccccc2)OCc2cnc([N+](=O)[O-])n2C)C(O)[C@H]1O. The van der Waals surface area contributed by atoms with Gasteiger partial charge in [0, 0.05) is 12.7 Å². The number of rotatable bonds is 11. The molecule has 1 fully saturated rings. The highest BCUT2D eigenvalue weighted by atomic mass is 31.2. The van der Waals surface area contributed by atoms with E-state index in [1.54, 1.807) is 12.1 Å². The minimum absolute atomic E-state index is 0.112. The first-order chi connectivity index (χ1) is 18.1. The Balaban J connectivity index is 1.45. The van der Waals surface area contributed by atoms with Crippen LogP contribution in [-0.4, -0.2) is 66.6 Å². The fraction of sp³-hybridized carbons (Fsp3) is 0.364. The predicted molar refractivity (Wildman–Crippen MR) is 134 cm³/mol. The topological polar surface area (TPSA) is 200 Å². The summed E-state index contributed by atoms with van der Waals surface area (Å²) < 4.78 is 31.8. The molecule has 5 atom stereocenters. The summed E-state index contributed by atoms with van der Waals surface area (Å²) in [5.74, 6) is 0.0191. The van der Waals surface area contributed by atoms with Gasteiger partial charge in [-0.3, -0.25) is 9.05 Å². The summed E-state index contributed by atoms with van der Waals surface area (Å²) in [5.41, 5.74) is 6.72. The zero-order chi connectivity index (χ0) is 27.4. The van der Waals surface area contributed by atoms with E-state index in [1.165, 1.54) is 35.0 Å². The van der Waals surface area contributed by atoms with Gasteiger partial charge in [-0.05, 0) is 16.6 Å². The molecular weight excluding hydrogens is 521 g/mol. The van der Waals surface area contributed by atoms with Crippen molar-refractivity contribution in [1.82, 2.24) is 19.5 Å². The number of nitrogens with two attached hydrogens (primary N) is 1. The number of aliphatic hydroxyl groups is 2. The van der Waals surface area contributed by atoms with E-state index in [0.29, 0.717) is 0 Å². The second-order valence-electron chi connectivity index (χ2n) is 8.48. The average Bonchev–Trinajstić information content (AvgIpc) is 3.40. The first-order valence-electron chi connectivity index (χ1n) is 11.4. The molecule has 16 heteroatoms. The Labute approximate surface area is 217 Å². The van der Waals surface area contributed by atoms with Crippen molar-refractivity contribution in [2.75, 3.05) is 6.61 Å². The number of nitrogens with one attached hydrogen (secondary N) is 1. The number of benzene rings is 1. The lowest BCUT2D eigenvalue weighted by atomic mass is 10.1. The molecule has 0 saturated carbocycles. The predicted octanol–water partition coefficient (Wildman–Crippen LogP) is 0.864. The Kier molecular flexibility index (Phi) is 8.38. The maximum atomic E-state index is 13.6. The number of aliphatic imine (C=N–C) groups is 1. The summed E-state index contributed by atoms with van der Waals surface area (Å²) in [4.78, 5) is 19.6. The standard InChI is InChI=1S/C22H28N7O8P/c1-14-26-18(23)8-9-28(14)21-20(31)19(30)17(37-21)13-36-38(34,25-10-15-6-4-3-5-7-15)35-12-16-11-24-22(27(16)2)29(32)33/h3-9,11,17,19-21,30-31H,1,10,12-13H2,2H3,(H2,23,26)(H,25,34)/t17-,19?,20-,21-,38?/m1/s1. The summed E-state index contributed by atoms with van der Waals surface area (Å²) in [6.07, 6.45) is -0.673. The van der Waals surface area contributed by atoms with Crippen molar-refractivity contribution in [3.63, 3.8) is 0 Å². The third-order valence-electron chi connectivity index (χ3n) is 5.91. The van der Waals surface area contributed by atoms with Gasteiger partial charge in [0.2, 0.25) is 0 Å². The van der Waals surface area contributed by atoms with Crippen molar-refractivity contribution < 1.29 is 33.5 Å². The molecule has 15 nitrogen and oxygen atoms in total. The summed E-state index contributed by atoms with van der Waals surface area (Å²) in [6.45, 7) is 3.13. The molecule has 0 amide bonds. The monoisotopic (exact) mass is 549 g/mol. The van der Waals surface area contributed by atoms with E-state index in [1.807, 2.05) is 18.2 Å². The van der Waals surface area contributed by atoms with Gasteiger partial charge in [0.25, 0.3) is 0 Å². The van der Waals surface area contributed by atoms with Crippen molar-refractivity contribution in [2.24, 2.45) is 17.8 Å². The van der Waals surface area contributed by atoms with Crippen molar-refractivity contribution in [3.8, 4) is 0 Å². The molecule has 3 heterocycles. The van der Waals surface area contributed by atoms with Gasteiger partial charge >= 0.3 is 13.7 Å². The number of amidine groups is 1. The molecule has 4 rings (SSSR count). The molecule has 0 spiro atoms. The smallest absolute Gasteiger partial charge is 0.390 e. The van der Waals surface area contributed by atoms with Crippen molar-refractivity contribution >= 4 is 19.5 Å². The number of aliphatic hydroxyl groups excluding tert-OH is 2. The van der Waals surface area contributed by atoms with Crippen LogP contribution in [0.15, 0.2) is 66.2 Å². The maximum absolute atomic E-state index is 13.6. The lowest BCUT2D eigenvalue weighted by Crippen LogP contribution is -2.42. The maximum Gasteiger partial charge on any atom is 0.434 e. The molecule has 0 aliphatic carbocycles. The second-order valence-corrected chi connectivity index (χ2v) is 10.3. The Morgan fingerprint density at radius 1 is 1.29 bits per heavy atom. The molecule has 1 saturated heterocycles. The highest BCUT2D eigenvalue weighted by Crippen LogP contribution is 2.46. The van der Waals surface area contributed by atoms with E-state index in [4.69, 9.17) is 19.5 Å². The van der Waals surface area contributed by atoms with E-state index < -0.39 is 49.8 Å². The van der Waals surface area contributed by atoms with Gasteiger partial charge in [0.05, 0.1) is 13.7 Å². The van der Waals surface area contributed by atoms with Gasteiger partial charge in [-0.25, -0.2) is 19.2 Å². The lowest BCUT2D eigenvalue weighted by Gasteiger charge is -2.30. The number of hydrogen-bond donors (Lipinski definition) is 4. The number of nitrogens with zero attached hydrogens (tertiary/aromatic N) is 5. The molecule has 2 aromatic rings. The van der Waals surface area contributed by atoms with Crippen LogP contribution in [0.1, 0.15) is 11.3 Å². The molecule has 1 aromatic heterocycles. The van der Waals surface area contributed by atoms with Crippen LogP contribution < -0.4 is 10.8 Å². The quantitative estimate of drug-likeness (QED) is 0.175. The van der Waals surface area contributed by atoms with Gasteiger partial charge in [-0.1, -0.05) is 41.9 Å². The van der Waals surface area contributed by atoms with E-state index in [9.17, 15) is 24.9 Å². The van der Waals surface area contributed by atoms with E-state index in [-0.39, 0.29) is 30.5 Å². The molecule has 204 valence electrons. The molecule has 2 unspecified atom stereocenters. The highest BCUT2D eigenvalue weighted by molar-refractivity contribution is 7.51. The molecule has 38 heavy (non-hydrogen) atoms. The zero-order valence-electron chi connectivity index (χ0n) is 20.4. The molecule has 2 aliphatic heterocycles. The van der Waals surface area contributed by atoms with Crippen LogP contribution in [0.5, 0.6) is 0 Å².